The van der Waals surface area contributed by atoms with Crippen molar-refractivity contribution in [1.82, 2.24) is 25.1 Å². The van der Waals surface area contributed by atoms with Crippen molar-refractivity contribution in [2.45, 2.75) is 18.0 Å². The Morgan fingerprint density at radius 2 is 2.29 bits per heavy atom. The quantitative estimate of drug-likeness (QED) is 0.498. The maximum Gasteiger partial charge on any atom is 0.223 e. The molecule has 0 unspecified atom stereocenters. The molecule has 1 aromatic heterocycles. The summed E-state index contributed by atoms with van der Waals surface area (Å²) in [6.45, 7) is 1.19. The molecule has 24 heavy (non-hydrogen) atoms. The topological polar surface area (TPSA) is 73.1 Å². The summed E-state index contributed by atoms with van der Waals surface area (Å²) in [5.74, 6) is 1.49. The second-order valence-corrected chi connectivity index (χ2v) is 6.66. The molecule has 9 heteroatoms. The Morgan fingerprint density at radius 1 is 1.46 bits per heavy atom. The van der Waals surface area contributed by atoms with E-state index < -0.39 is 0 Å². The Balaban J connectivity index is 1.60. The van der Waals surface area contributed by atoms with Crippen molar-refractivity contribution in [3.8, 4) is 5.75 Å². The molecular weight excluding hydrogens is 350 g/mol. The lowest BCUT2D eigenvalue weighted by Gasteiger charge is -2.17. The normalized spacial score (nSPS) is 10.6. The monoisotopic (exact) mass is 369 g/mol. The van der Waals surface area contributed by atoms with Gasteiger partial charge >= 0.3 is 0 Å². The van der Waals surface area contributed by atoms with E-state index in [2.05, 4.69) is 15.5 Å². The summed E-state index contributed by atoms with van der Waals surface area (Å²) >= 11 is 7.36. The van der Waals surface area contributed by atoms with Gasteiger partial charge in [0.25, 0.3) is 0 Å². The molecule has 0 spiro atoms. The molecule has 7 nitrogen and oxygen atoms in total. The van der Waals surface area contributed by atoms with Gasteiger partial charge in [-0.1, -0.05) is 29.4 Å². The number of ether oxygens (including phenoxy) is 1. The fourth-order valence-corrected chi connectivity index (χ4v) is 2.89. The van der Waals surface area contributed by atoms with E-state index in [1.165, 1.54) is 11.8 Å². The summed E-state index contributed by atoms with van der Waals surface area (Å²) in [5.41, 5.74) is 0. The van der Waals surface area contributed by atoms with Gasteiger partial charge in [-0.15, -0.1) is 5.10 Å². The van der Waals surface area contributed by atoms with Crippen LogP contribution in [0.1, 0.15) is 12.8 Å². The maximum absolute atomic E-state index is 12.1. The smallest absolute Gasteiger partial charge is 0.223 e. The van der Waals surface area contributed by atoms with E-state index in [9.17, 15) is 4.79 Å². The minimum Gasteiger partial charge on any atom is -0.493 e. The standard InChI is InChI=1S/C15H20ClN5O2S/c1-20(8-4-9-23-13-6-3-5-12(16)11-13)14(22)7-10-24-15-17-18-19-21(15)2/h3,5-6,11H,4,7-10H2,1-2H3. The van der Waals surface area contributed by atoms with Crippen LogP contribution in [0.25, 0.3) is 0 Å². The van der Waals surface area contributed by atoms with Crippen LogP contribution in [0.15, 0.2) is 29.4 Å². The first kappa shape index (κ1) is 18.5. The summed E-state index contributed by atoms with van der Waals surface area (Å²) in [7, 11) is 3.58. The molecule has 1 amide bonds. The number of carbonyl (C=O) groups excluding carboxylic acids is 1. The van der Waals surface area contributed by atoms with Gasteiger partial charge in [0.05, 0.1) is 6.61 Å². The number of nitrogens with zero attached hydrogens (tertiary/aromatic N) is 5. The van der Waals surface area contributed by atoms with Crippen LogP contribution in [-0.4, -0.2) is 57.0 Å². The molecular formula is C15H20ClN5O2S. The summed E-state index contributed by atoms with van der Waals surface area (Å²) in [6, 6.07) is 7.28. The molecule has 1 aromatic carbocycles. The third-order valence-corrected chi connectivity index (χ3v) is 4.50. The van der Waals surface area contributed by atoms with Gasteiger partial charge in [0.2, 0.25) is 11.1 Å². The number of tetrazole rings is 1. The van der Waals surface area contributed by atoms with E-state index in [-0.39, 0.29) is 5.91 Å². The molecule has 0 saturated carbocycles. The molecule has 130 valence electrons. The van der Waals surface area contributed by atoms with Crippen LogP contribution in [-0.2, 0) is 11.8 Å². The van der Waals surface area contributed by atoms with Gasteiger partial charge in [-0.3, -0.25) is 4.79 Å². The number of hydrogen-bond acceptors (Lipinski definition) is 6. The number of carbonyl (C=O) groups is 1. The zero-order valence-corrected chi connectivity index (χ0v) is 15.3. The number of rotatable bonds is 9. The van der Waals surface area contributed by atoms with Crippen molar-refractivity contribution in [3.05, 3.63) is 29.3 Å². The average Bonchev–Trinajstić information content (AvgIpc) is 2.96. The Morgan fingerprint density at radius 3 is 3.00 bits per heavy atom. The van der Waals surface area contributed by atoms with Gasteiger partial charge in [-0.05, 0) is 35.0 Å². The molecule has 0 fully saturated rings. The number of thioether (sulfide) groups is 1. The molecule has 0 bridgehead atoms. The van der Waals surface area contributed by atoms with E-state index in [4.69, 9.17) is 16.3 Å². The first-order chi connectivity index (χ1) is 11.6. The third-order valence-electron chi connectivity index (χ3n) is 3.26. The highest BCUT2D eigenvalue weighted by molar-refractivity contribution is 7.99. The Hall–Kier alpha value is -1.80. The van der Waals surface area contributed by atoms with Crippen LogP contribution in [0.2, 0.25) is 5.02 Å². The zero-order valence-electron chi connectivity index (χ0n) is 13.7. The van der Waals surface area contributed by atoms with Crippen LogP contribution in [0.5, 0.6) is 5.75 Å². The van der Waals surface area contributed by atoms with Crippen molar-refractivity contribution in [1.29, 1.82) is 0 Å². The number of aromatic nitrogens is 4. The van der Waals surface area contributed by atoms with E-state index in [0.717, 1.165) is 12.2 Å². The molecule has 2 rings (SSSR count). The van der Waals surface area contributed by atoms with Crippen LogP contribution in [0, 0.1) is 0 Å². The molecule has 2 aromatic rings. The van der Waals surface area contributed by atoms with Crippen molar-refractivity contribution >= 4 is 29.3 Å². The number of halogens is 1. The molecule has 0 atom stereocenters. The van der Waals surface area contributed by atoms with Gasteiger partial charge < -0.3 is 9.64 Å². The summed E-state index contributed by atoms with van der Waals surface area (Å²) in [4.78, 5) is 13.8. The van der Waals surface area contributed by atoms with Crippen molar-refractivity contribution in [3.63, 3.8) is 0 Å². The van der Waals surface area contributed by atoms with Crippen molar-refractivity contribution < 1.29 is 9.53 Å². The van der Waals surface area contributed by atoms with E-state index in [0.29, 0.717) is 35.5 Å². The van der Waals surface area contributed by atoms with E-state index in [1.807, 2.05) is 12.1 Å². The lowest BCUT2D eigenvalue weighted by Crippen LogP contribution is -2.28. The van der Waals surface area contributed by atoms with E-state index in [1.54, 1.807) is 35.8 Å². The van der Waals surface area contributed by atoms with Crippen LogP contribution >= 0.6 is 23.4 Å². The first-order valence-electron chi connectivity index (χ1n) is 7.54. The van der Waals surface area contributed by atoms with Crippen LogP contribution in [0.4, 0.5) is 0 Å². The summed E-state index contributed by atoms with van der Waals surface area (Å²) < 4.78 is 7.20. The molecule has 1 heterocycles. The SMILES string of the molecule is CN(CCCOc1cccc(Cl)c1)C(=O)CCSc1nnnn1C. The maximum atomic E-state index is 12.1. The molecule has 0 N–H and O–H groups in total. The summed E-state index contributed by atoms with van der Waals surface area (Å²) in [6.07, 6.45) is 1.21. The Kier molecular flexibility index (Phi) is 7.33. The molecule has 0 radical (unpaired) electrons. The highest BCUT2D eigenvalue weighted by Crippen LogP contribution is 2.17. The minimum atomic E-state index is 0.0976. The van der Waals surface area contributed by atoms with Gasteiger partial charge in [0, 0.05) is 37.8 Å². The van der Waals surface area contributed by atoms with E-state index >= 15 is 0 Å². The molecule has 0 aliphatic carbocycles. The van der Waals surface area contributed by atoms with Crippen LogP contribution < -0.4 is 4.74 Å². The highest BCUT2D eigenvalue weighted by atomic mass is 35.5. The minimum absolute atomic E-state index is 0.0976. The molecule has 0 saturated heterocycles. The van der Waals surface area contributed by atoms with Gasteiger partial charge in [-0.25, -0.2) is 4.68 Å². The number of hydrogen-bond donors (Lipinski definition) is 0. The average molecular weight is 370 g/mol. The lowest BCUT2D eigenvalue weighted by molar-refractivity contribution is -0.129. The predicted molar refractivity (Wildman–Crippen MR) is 93.3 cm³/mol. The van der Waals surface area contributed by atoms with Gasteiger partial charge in [-0.2, -0.15) is 0 Å². The number of amides is 1. The second-order valence-electron chi connectivity index (χ2n) is 5.16. The number of aryl methyl sites for hydroxylation is 1. The van der Waals surface area contributed by atoms with Gasteiger partial charge in [0.1, 0.15) is 5.75 Å². The largest absolute Gasteiger partial charge is 0.493 e. The molecule has 0 aliphatic heterocycles. The highest BCUT2D eigenvalue weighted by Gasteiger charge is 2.10. The van der Waals surface area contributed by atoms with Crippen molar-refractivity contribution in [2.75, 3.05) is 26.0 Å². The summed E-state index contributed by atoms with van der Waals surface area (Å²) in [5, 5.41) is 12.5. The number of benzene rings is 1. The molecule has 0 aliphatic rings. The van der Waals surface area contributed by atoms with Crippen molar-refractivity contribution in [2.24, 2.45) is 7.05 Å². The zero-order chi connectivity index (χ0) is 17.4. The Labute approximate surface area is 150 Å². The third kappa shape index (κ3) is 6.01. The second kappa shape index (κ2) is 9.48. The van der Waals surface area contributed by atoms with Gasteiger partial charge in [0.15, 0.2) is 0 Å². The Bertz CT molecular complexity index is 667. The fraction of sp³-hybridized carbons (Fsp3) is 0.467. The first-order valence-corrected chi connectivity index (χ1v) is 8.90. The fourth-order valence-electron chi connectivity index (χ4n) is 1.94. The van der Waals surface area contributed by atoms with Crippen LogP contribution in [0.3, 0.4) is 0 Å². The lowest BCUT2D eigenvalue weighted by atomic mass is 10.3. The predicted octanol–water partition coefficient (Wildman–Crippen LogP) is 2.27.